The molecule has 2 heterocycles. The van der Waals surface area contributed by atoms with Crippen LogP contribution in [0.1, 0.15) is 34.1 Å². The van der Waals surface area contributed by atoms with Gasteiger partial charge in [0.05, 0.1) is 24.0 Å². The van der Waals surface area contributed by atoms with Gasteiger partial charge in [-0.2, -0.15) is 4.31 Å². The molecule has 2 saturated heterocycles. The number of sulfonamides is 2. The number of carbonyl (C=O) groups is 1. The molecule has 1 aromatic rings. The van der Waals surface area contributed by atoms with Crippen LogP contribution >= 0.6 is 0 Å². The molecule has 29 heavy (non-hydrogen) atoms. The summed E-state index contributed by atoms with van der Waals surface area (Å²) >= 11 is 0. The van der Waals surface area contributed by atoms with Gasteiger partial charge >= 0.3 is 0 Å². The van der Waals surface area contributed by atoms with E-state index in [9.17, 15) is 21.6 Å². The highest BCUT2D eigenvalue weighted by Gasteiger charge is 2.50. The second-order valence-corrected chi connectivity index (χ2v) is 12.5. The average Bonchev–Trinajstić information content (AvgIpc) is 2.76. The monoisotopic (exact) mass is 444 g/mol. The Morgan fingerprint density at radius 3 is 2.21 bits per heavy atom. The van der Waals surface area contributed by atoms with E-state index in [4.69, 9.17) is 4.74 Å². The molecule has 0 N–H and O–H groups in total. The fourth-order valence-electron chi connectivity index (χ4n) is 4.20. The number of amides is 1. The van der Waals surface area contributed by atoms with Crippen LogP contribution in [0.2, 0.25) is 0 Å². The van der Waals surface area contributed by atoms with Gasteiger partial charge < -0.3 is 4.74 Å². The van der Waals surface area contributed by atoms with Crippen molar-refractivity contribution in [3.63, 3.8) is 0 Å². The van der Waals surface area contributed by atoms with Crippen LogP contribution in [-0.2, 0) is 24.8 Å². The summed E-state index contributed by atoms with van der Waals surface area (Å²) in [4.78, 5) is 12.6. The molecule has 8 nitrogen and oxygen atoms in total. The van der Waals surface area contributed by atoms with Gasteiger partial charge in [-0.25, -0.2) is 21.1 Å². The maximum absolute atomic E-state index is 13.4. The molecule has 1 amide bonds. The van der Waals surface area contributed by atoms with Gasteiger partial charge in [-0.1, -0.05) is 13.8 Å². The lowest BCUT2D eigenvalue weighted by atomic mass is 9.94. The first-order valence-corrected chi connectivity index (χ1v) is 12.6. The van der Waals surface area contributed by atoms with Gasteiger partial charge in [0.1, 0.15) is 10.6 Å². The van der Waals surface area contributed by atoms with Gasteiger partial charge in [0.25, 0.3) is 0 Å². The normalized spacial score (nSPS) is 27.2. The number of hydrogen-bond acceptors (Lipinski definition) is 6. The lowest BCUT2D eigenvalue weighted by Gasteiger charge is -2.34. The van der Waals surface area contributed by atoms with E-state index in [0.29, 0.717) is 17.4 Å². The van der Waals surface area contributed by atoms with E-state index in [2.05, 4.69) is 0 Å². The summed E-state index contributed by atoms with van der Waals surface area (Å²) in [6.45, 7) is 7.89. The SMILES string of the molecule is COc1ccc(N2C(=O)C(C)(C)CS2(=O)=O)cc1S(=O)(=O)N1C[C@H](C)C[C@H](C)C1. The topological polar surface area (TPSA) is 101 Å². The summed E-state index contributed by atoms with van der Waals surface area (Å²) in [5.74, 6) is -0.365. The number of anilines is 1. The Morgan fingerprint density at radius 2 is 1.72 bits per heavy atom. The molecule has 1 aromatic carbocycles. The fraction of sp³-hybridized carbons (Fsp3) is 0.632. The van der Waals surface area contributed by atoms with Crippen molar-refractivity contribution in [2.45, 2.75) is 39.0 Å². The number of carbonyl (C=O) groups excluding carboxylic acids is 1. The Kier molecular flexibility index (Phi) is 5.51. The van der Waals surface area contributed by atoms with Crippen molar-refractivity contribution in [3.05, 3.63) is 18.2 Å². The third kappa shape index (κ3) is 3.89. The van der Waals surface area contributed by atoms with Gasteiger partial charge in [-0.15, -0.1) is 0 Å². The summed E-state index contributed by atoms with van der Waals surface area (Å²) in [6, 6.07) is 4.03. The molecule has 0 saturated carbocycles. The number of ether oxygens (including phenoxy) is 1. The highest BCUT2D eigenvalue weighted by atomic mass is 32.2. The van der Waals surface area contributed by atoms with Crippen molar-refractivity contribution < 1.29 is 26.4 Å². The first kappa shape index (κ1) is 22.0. The minimum absolute atomic E-state index is 0.0121. The second-order valence-electron chi connectivity index (χ2n) is 8.81. The van der Waals surface area contributed by atoms with E-state index in [1.54, 1.807) is 13.8 Å². The van der Waals surface area contributed by atoms with Gasteiger partial charge in [-0.05, 0) is 50.3 Å². The quantitative estimate of drug-likeness (QED) is 0.705. The van der Waals surface area contributed by atoms with Crippen LogP contribution in [0, 0.1) is 17.3 Å². The Morgan fingerprint density at radius 1 is 1.14 bits per heavy atom. The molecule has 3 rings (SSSR count). The van der Waals surface area contributed by atoms with Crippen molar-refractivity contribution >= 4 is 31.6 Å². The number of piperidine rings is 1. The Hall–Kier alpha value is -1.65. The molecular formula is C19H28N2O6S2. The number of hydrogen-bond donors (Lipinski definition) is 0. The fourth-order valence-corrected chi connectivity index (χ4v) is 8.15. The molecule has 2 fully saturated rings. The molecule has 2 aliphatic heterocycles. The minimum atomic E-state index is -3.93. The third-order valence-electron chi connectivity index (χ3n) is 5.42. The molecular weight excluding hydrogens is 416 g/mol. The van der Waals surface area contributed by atoms with E-state index < -0.39 is 31.4 Å². The van der Waals surface area contributed by atoms with E-state index in [0.717, 1.165) is 6.42 Å². The van der Waals surface area contributed by atoms with Crippen LogP contribution in [0.4, 0.5) is 5.69 Å². The van der Waals surface area contributed by atoms with Crippen molar-refractivity contribution in [1.29, 1.82) is 0 Å². The number of methoxy groups -OCH3 is 1. The van der Waals surface area contributed by atoms with Gasteiger partial charge in [0, 0.05) is 13.1 Å². The second kappa shape index (κ2) is 7.24. The largest absolute Gasteiger partial charge is 0.495 e. The molecule has 0 unspecified atom stereocenters. The third-order valence-corrected chi connectivity index (χ3v) is 9.29. The Balaban J connectivity index is 2.10. The molecule has 0 radical (unpaired) electrons. The Bertz CT molecular complexity index is 1020. The minimum Gasteiger partial charge on any atom is -0.495 e. The van der Waals surface area contributed by atoms with E-state index in [1.807, 2.05) is 13.8 Å². The maximum atomic E-state index is 13.4. The van der Waals surface area contributed by atoms with Crippen molar-refractivity contribution in [3.8, 4) is 5.75 Å². The summed E-state index contributed by atoms with van der Waals surface area (Å²) in [5.41, 5.74) is -1.06. The zero-order valence-electron chi connectivity index (χ0n) is 17.4. The first-order valence-electron chi connectivity index (χ1n) is 9.55. The lowest BCUT2D eigenvalue weighted by molar-refractivity contribution is -0.123. The molecule has 162 valence electrons. The molecule has 0 aromatic heterocycles. The van der Waals surface area contributed by atoms with Gasteiger partial charge in [0.15, 0.2) is 0 Å². The van der Waals surface area contributed by atoms with Crippen LogP contribution in [0.15, 0.2) is 23.1 Å². The first-order chi connectivity index (χ1) is 13.3. The van der Waals surface area contributed by atoms with Crippen LogP contribution in [-0.4, -0.2) is 53.0 Å². The van der Waals surface area contributed by atoms with E-state index >= 15 is 0 Å². The van der Waals surface area contributed by atoms with E-state index in [-0.39, 0.29) is 33.9 Å². The number of benzene rings is 1. The van der Waals surface area contributed by atoms with Crippen molar-refractivity contribution in [2.24, 2.45) is 17.3 Å². The number of nitrogens with zero attached hydrogens (tertiary/aromatic N) is 2. The predicted octanol–water partition coefficient (Wildman–Crippen LogP) is 2.06. The van der Waals surface area contributed by atoms with Crippen LogP contribution in [0.3, 0.4) is 0 Å². The number of rotatable bonds is 4. The van der Waals surface area contributed by atoms with Crippen LogP contribution in [0.5, 0.6) is 5.75 Å². The van der Waals surface area contributed by atoms with Gasteiger partial charge in [-0.3, -0.25) is 4.79 Å². The highest BCUT2D eigenvalue weighted by molar-refractivity contribution is 7.94. The summed E-state index contributed by atoms with van der Waals surface area (Å²) in [6.07, 6.45) is 0.943. The molecule has 0 spiro atoms. The van der Waals surface area contributed by atoms with Gasteiger partial charge in [0.2, 0.25) is 26.0 Å². The highest BCUT2D eigenvalue weighted by Crippen LogP contribution is 2.39. The summed E-state index contributed by atoms with van der Waals surface area (Å²) in [7, 11) is -6.46. The maximum Gasteiger partial charge on any atom is 0.247 e. The molecule has 10 heteroatoms. The molecule has 0 aliphatic carbocycles. The predicted molar refractivity (Wildman–Crippen MR) is 110 cm³/mol. The lowest BCUT2D eigenvalue weighted by Crippen LogP contribution is -2.42. The van der Waals surface area contributed by atoms with Crippen molar-refractivity contribution in [2.75, 3.05) is 30.3 Å². The van der Waals surface area contributed by atoms with Crippen LogP contribution < -0.4 is 9.04 Å². The molecule has 2 aliphatic rings. The summed E-state index contributed by atoms with van der Waals surface area (Å²) in [5, 5.41) is 0. The standard InChI is InChI=1S/C19H28N2O6S2/c1-13-8-14(2)11-20(10-13)29(25,26)17-9-15(6-7-16(17)27-5)21-18(22)19(3,4)12-28(21,23)24/h6-7,9,13-14H,8,10-12H2,1-5H3/t13-,14+. The Labute approximate surface area is 172 Å². The zero-order chi connectivity index (χ0) is 21.8. The van der Waals surface area contributed by atoms with E-state index in [1.165, 1.54) is 29.6 Å². The van der Waals surface area contributed by atoms with Crippen molar-refractivity contribution in [1.82, 2.24) is 4.31 Å². The summed E-state index contributed by atoms with van der Waals surface area (Å²) < 4.78 is 59.4. The zero-order valence-corrected chi connectivity index (χ0v) is 19.0. The molecule has 0 bridgehead atoms. The average molecular weight is 445 g/mol. The molecule has 2 atom stereocenters. The smallest absolute Gasteiger partial charge is 0.247 e. The van der Waals surface area contributed by atoms with Crippen LogP contribution in [0.25, 0.3) is 0 Å².